The average molecular weight is 416 g/mol. The summed E-state index contributed by atoms with van der Waals surface area (Å²) in [6.07, 6.45) is 0. The van der Waals surface area contributed by atoms with Gasteiger partial charge in [0.25, 0.3) is 5.91 Å². The maximum absolute atomic E-state index is 12.5. The molecule has 0 aliphatic carbocycles. The second kappa shape index (κ2) is 6.94. The largest absolute Gasteiger partial charge is 0.314 e. The summed E-state index contributed by atoms with van der Waals surface area (Å²) in [5, 5.41) is 7.17. The zero-order chi connectivity index (χ0) is 17.3. The van der Waals surface area contributed by atoms with E-state index in [0.29, 0.717) is 16.6 Å². The summed E-state index contributed by atoms with van der Waals surface area (Å²) >= 11 is 5.19. The highest BCUT2D eigenvalue weighted by atomic mass is 79.9. The first-order valence-electron chi connectivity index (χ1n) is 8.23. The van der Waals surface area contributed by atoms with Crippen LogP contribution in [-0.4, -0.2) is 29.9 Å². The molecule has 25 heavy (non-hydrogen) atoms. The van der Waals surface area contributed by atoms with Gasteiger partial charge < -0.3 is 10.6 Å². The number of benzene rings is 2. The molecular formula is C19H18BrN3OS. The van der Waals surface area contributed by atoms with Crippen LogP contribution in [0.5, 0.6) is 0 Å². The number of hydrogen-bond acceptors (Lipinski definition) is 4. The van der Waals surface area contributed by atoms with Gasteiger partial charge in [-0.05, 0) is 29.8 Å². The highest BCUT2D eigenvalue weighted by molar-refractivity contribution is 9.10. The highest BCUT2D eigenvalue weighted by Crippen LogP contribution is 2.43. The Morgan fingerprint density at radius 2 is 2.08 bits per heavy atom. The van der Waals surface area contributed by atoms with E-state index in [9.17, 15) is 4.79 Å². The van der Waals surface area contributed by atoms with Crippen LogP contribution in [0.15, 0.2) is 64.1 Å². The number of amides is 1. The van der Waals surface area contributed by atoms with Gasteiger partial charge in [0.1, 0.15) is 5.54 Å². The number of amidine groups is 1. The van der Waals surface area contributed by atoms with Gasteiger partial charge in [0.05, 0.1) is 0 Å². The van der Waals surface area contributed by atoms with E-state index in [2.05, 4.69) is 38.7 Å². The first kappa shape index (κ1) is 16.8. The number of rotatable bonds is 2. The highest BCUT2D eigenvalue weighted by Gasteiger charge is 2.47. The molecule has 2 aliphatic rings. The quantitative estimate of drug-likeness (QED) is 0.789. The molecule has 2 heterocycles. The van der Waals surface area contributed by atoms with E-state index >= 15 is 0 Å². The number of hydrogen-bond donors (Lipinski definition) is 2. The third-order valence-electron chi connectivity index (χ3n) is 4.76. The van der Waals surface area contributed by atoms with Crippen molar-refractivity contribution in [1.29, 1.82) is 0 Å². The Labute approximate surface area is 159 Å². The minimum Gasteiger partial charge on any atom is -0.314 e. The standard InChI is InChI=1S/C19H18BrN3OS/c20-16-8-4-7-14(9-16)19-12-21-10-15(19)11-25-18(23-19)22-17(24)13-5-2-1-3-6-13/h1-9,15,21H,10-12H2,(H,22,23,24). The molecule has 2 unspecified atom stereocenters. The summed E-state index contributed by atoms with van der Waals surface area (Å²) < 4.78 is 1.05. The molecule has 0 bridgehead atoms. The van der Waals surface area contributed by atoms with Crippen LogP contribution in [0, 0.1) is 5.92 Å². The molecule has 4 rings (SSSR count). The van der Waals surface area contributed by atoms with Gasteiger partial charge in [-0.1, -0.05) is 58.0 Å². The van der Waals surface area contributed by atoms with Crippen molar-refractivity contribution in [2.75, 3.05) is 18.8 Å². The molecule has 2 aromatic rings. The Morgan fingerprint density at radius 1 is 1.24 bits per heavy atom. The van der Waals surface area contributed by atoms with Crippen LogP contribution >= 0.6 is 27.7 Å². The van der Waals surface area contributed by atoms with Gasteiger partial charge >= 0.3 is 0 Å². The van der Waals surface area contributed by atoms with Crippen molar-refractivity contribution in [2.24, 2.45) is 10.9 Å². The predicted octanol–water partition coefficient (Wildman–Crippen LogP) is 3.40. The summed E-state index contributed by atoms with van der Waals surface area (Å²) in [4.78, 5) is 17.5. The average Bonchev–Trinajstić information content (AvgIpc) is 3.07. The summed E-state index contributed by atoms with van der Waals surface area (Å²) in [6, 6.07) is 17.6. The Balaban J connectivity index is 1.66. The van der Waals surface area contributed by atoms with Gasteiger partial charge in [0.15, 0.2) is 5.17 Å². The third kappa shape index (κ3) is 3.26. The number of aliphatic imine (C=N–C) groups is 1. The van der Waals surface area contributed by atoms with Crippen molar-refractivity contribution in [3.63, 3.8) is 0 Å². The molecule has 1 saturated heterocycles. The lowest BCUT2D eigenvalue weighted by atomic mass is 9.82. The van der Waals surface area contributed by atoms with E-state index in [-0.39, 0.29) is 11.4 Å². The Bertz CT molecular complexity index is 826. The minimum absolute atomic E-state index is 0.111. The van der Waals surface area contributed by atoms with E-state index < -0.39 is 0 Å². The van der Waals surface area contributed by atoms with Crippen LogP contribution in [0.3, 0.4) is 0 Å². The summed E-state index contributed by atoms with van der Waals surface area (Å²) in [6.45, 7) is 1.74. The molecule has 6 heteroatoms. The van der Waals surface area contributed by atoms with E-state index in [1.54, 1.807) is 11.8 Å². The molecule has 0 aromatic heterocycles. The van der Waals surface area contributed by atoms with Gasteiger partial charge in [-0.25, -0.2) is 4.99 Å². The van der Waals surface area contributed by atoms with Gasteiger partial charge in [-0.2, -0.15) is 0 Å². The van der Waals surface area contributed by atoms with Crippen molar-refractivity contribution in [3.05, 3.63) is 70.2 Å². The first-order chi connectivity index (χ1) is 12.2. The minimum atomic E-state index is -0.311. The number of carbonyl (C=O) groups is 1. The second-order valence-corrected chi connectivity index (χ2v) is 8.23. The molecule has 2 N–H and O–H groups in total. The molecule has 1 amide bonds. The lowest BCUT2D eigenvalue weighted by Gasteiger charge is -2.35. The molecular weight excluding hydrogens is 398 g/mol. The zero-order valence-electron chi connectivity index (χ0n) is 13.5. The van der Waals surface area contributed by atoms with Gasteiger partial charge in [0, 0.05) is 34.8 Å². The lowest BCUT2D eigenvalue weighted by Crippen LogP contribution is -2.42. The number of carbonyl (C=O) groups excluding carboxylic acids is 1. The van der Waals surface area contributed by atoms with E-state index in [4.69, 9.17) is 4.99 Å². The fourth-order valence-electron chi connectivity index (χ4n) is 3.45. The molecule has 0 spiro atoms. The number of halogens is 1. The second-order valence-electron chi connectivity index (χ2n) is 6.31. The maximum Gasteiger partial charge on any atom is 0.257 e. The Morgan fingerprint density at radius 3 is 2.88 bits per heavy atom. The van der Waals surface area contributed by atoms with Crippen LogP contribution in [0.2, 0.25) is 0 Å². The smallest absolute Gasteiger partial charge is 0.257 e. The number of thioether (sulfide) groups is 1. The van der Waals surface area contributed by atoms with E-state index in [1.807, 2.05) is 42.5 Å². The van der Waals surface area contributed by atoms with Gasteiger partial charge in [-0.15, -0.1) is 0 Å². The molecule has 2 atom stereocenters. The number of nitrogens with zero attached hydrogens (tertiary/aromatic N) is 1. The van der Waals surface area contributed by atoms with Crippen molar-refractivity contribution in [3.8, 4) is 0 Å². The van der Waals surface area contributed by atoms with Crippen molar-refractivity contribution in [2.45, 2.75) is 5.54 Å². The number of nitrogens with one attached hydrogen (secondary N) is 2. The molecule has 4 nitrogen and oxygen atoms in total. The Kier molecular flexibility index (Phi) is 4.67. The molecule has 128 valence electrons. The van der Waals surface area contributed by atoms with Gasteiger partial charge in [0.2, 0.25) is 0 Å². The first-order valence-corrected chi connectivity index (χ1v) is 10.0. The van der Waals surface area contributed by atoms with Crippen LogP contribution < -0.4 is 10.6 Å². The van der Waals surface area contributed by atoms with Crippen LogP contribution in [0.25, 0.3) is 0 Å². The molecule has 0 saturated carbocycles. The normalized spacial score (nSPS) is 25.2. The molecule has 0 radical (unpaired) electrons. The summed E-state index contributed by atoms with van der Waals surface area (Å²) in [5.41, 5.74) is 1.52. The monoisotopic (exact) mass is 415 g/mol. The van der Waals surface area contributed by atoms with Crippen LogP contribution in [0.4, 0.5) is 0 Å². The molecule has 2 aliphatic heterocycles. The lowest BCUT2D eigenvalue weighted by molar-refractivity contribution is 0.0977. The molecule has 1 fully saturated rings. The topological polar surface area (TPSA) is 53.5 Å². The zero-order valence-corrected chi connectivity index (χ0v) is 15.9. The fourth-order valence-corrected chi connectivity index (χ4v) is 5.00. The number of fused-ring (bicyclic) bond motifs is 1. The molecule has 2 aromatic carbocycles. The van der Waals surface area contributed by atoms with Gasteiger partial charge in [-0.3, -0.25) is 4.79 Å². The van der Waals surface area contributed by atoms with Crippen molar-refractivity contribution >= 4 is 38.8 Å². The van der Waals surface area contributed by atoms with Crippen LogP contribution in [-0.2, 0) is 5.54 Å². The van der Waals surface area contributed by atoms with E-state index in [0.717, 1.165) is 23.3 Å². The predicted molar refractivity (Wildman–Crippen MR) is 106 cm³/mol. The Hall–Kier alpha value is -1.63. The van der Waals surface area contributed by atoms with Crippen molar-refractivity contribution in [1.82, 2.24) is 10.6 Å². The summed E-state index contributed by atoms with van der Waals surface area (Å²) in [5.74, 6) is 1.25. The van der Waals surface area contributed by atoms with Crippen molar-refractivity contribution < 1.29 is 4.79 Å². The fraction of sp³-hybridized carbons (Fsp3) is 0.263. The van der Waals surface area contributed by atoms with Crippen LogP contribution in [0.1, 0.15) is 15.9 Å². The SMILES string of the molecule is O=C(NC1=NC2(c3cccc(Br)c3)CNCC2CS1)c1ccccc1. The third-order valence-corrected chi connectivity index (χ3v) is 6.29. The summed E-state index contributed by atoms with van der Waals surface area (Å²) in [7, 11) is 0. The maximum atomic E-state index is 12.5. The van der Waals surface area contributed by atoms with E-state index in [1.165, 1.54) is 5.56 Å².